The van der Waals surface area contributed by atoms with Crippen LogP contribution >= 0.6 is 11.3 Å². The average molecular weight is 265 g/mol. The van der Waals surface area contributed by atoms with Gasteiger partial charge in [0.2, 0.25) is 0 Å². The molecule has 2 heterocycles. The van der Waals surface area contributed by atoms with E-state index in [1.165, 1.54) is 0 Å². The summed E-state index contributed by atoms with van der Waals surface area (Å²) in [5.41, 5.74) is 3.02. The molecular weight excluding hydrogens is 246 g/mol. The summed E-state index contributed by atoms with van der Waals surface area (Å²) < 4.78 is 5.28. The van der Waals surface area contributed by atoms with Gasteiger partial charge in [0, 0.05) is 24.5 Å². The van der Waals surface area contributed by atoms with Crippen LogP contribution in [-0.4, -0.2) is 29.5 Å². The number of thiazole rings is 1. The second-order valence-corrected chi connectivity index (χ2v) is 5.17. The Kier molecular flexibility index (Phi) is 4.92. The van der Waals surface area contributed by atoms with E-state index in [0.717, 1.165) is 31.1 Å². The highest BCUT2D eigenvalue weighted by molar-refractivity contribution is 7.07. The van der Waals surface area contributed by atoms with Gasteiger partial charge in [-0.2, -0.15) is 0 Å². The Balaban J connectivity index is 1.69. The van der Waals surface area contributed by atoms with Crippen LogP contribution < -0.4 is 5.32 Å². The average Bonchev–Trinajstić information content (AvgIpc) is 3.01. The fourth-order valence-corrected chi connectivity index (χ4v) is 2.25. The first-order valence-corrected chi connectivity index (χ1v) is 7.00. The van der Waals surface area contributed by atoms with Crippen molar-refractivity contribution in [1.82, 2.24) is 15.2 Å². The minimum absolute atomic E-state index is 0.460. The lowest BCUT2D eigenvalue weighted by atomic mass is 10.2. The molecule has 0 amide bonds. The van der Waals surface area contributed by atoms with E-state index < -0.39 is 0 Å². The lowest BCUT2D eigenvalue weighted by Gasteiger charge is -2.24. The minimum Gasteiger partial charge on any atom is -0.468 e. The number of rotatable bonds is 7. The van der Waals surface area contributed by atoms with Crippen LogP contribution in [-0.2, 0) is 13.1 Å². The Labute approximate surface area is 112 Å². The molecule has 0 fully saturated rings. The topological polar surface area (TPSA) is 41.3 Å². The largest absolute Gasteiger partial charge is 0.468 e. The van der Waals surface area contributed by atoms with Crippen LogP contribution in [0.4, 0.5) is 0 Å². The summed E-state index contributed by atoms with van der Waals surface area (Å²) in [6, 6.07) is 4.35. The van der Waals surface area contributed by atoms with Crippen molar-refractivity contribution >= 4 is 11.3 Å². The van der Waals surface area contributed by atoms with Gasteiger partial charge in [0.25, 0.3) is 0 Å². The molecule has 0 aromatic carbocycles. The number of aromatic nitrogens is 1. The number of hydrogen-bond acceptors (Lipinski definition) is 5. The molecule has 0 saturated carbocycles. The maximum absolute atomic E-state index is 5.28. The highest BCUT2D eigenvalue weighted by Gasteiger charge is 2.10. The quantitative estimate of drug-likeness (QED) is 0.834. The first-order chi connectivity index (χ1) is 8.75. The molecule has 0 bridgehead atoms. The Hall–Kier alpha value is -1.17. The van der Waals surface area contributed by atoms with Crippen LogP contribution in [0.25, 0.3) is 0 Å². The molecule has 5 heteroatoms. The van der Waals surface area contributed by atoms with Gasteiger partial charge in [-0.05, 0) is 26.1 Å². The monoisotopic (exact) mass is 265 g/mol. The predicted molar refractivity (Wildman–Crippen MR) is 73.5 cm³/mol. The number of nitrogens with one attached hydrogen (secondary N) is 1. The molecule has 2 aromatic heterocycles. The van der Waals surface area contributed by atoms with E-state index in [0.29, 0.717) is 6.04 Å². The lowest BCUT2D eigenvalue weighted by molar-refractivity contribution is 0.239. The van der Waals surface area contributed by atoms with Crippen LogP contribution in [0.15, 0.2) is 33.7 Å². The fourth-order valence-electron chi connectivity index (χ4n) is 1.70. The summed E-state index contributed by atoms with van der Waals surface area (Å²) in [5, 5.41) is 5.49. The van der Waals surface area contributed by atoms with E-state index in [4.69, 9.17) is 4.42 Å². The molecule has 0 radical (unpaired) electrons. The van der Waals surface area contributed by atoms with Gasteiger partial charge in [-0.25, -0.2) is 4.98 Å². The second kappa shape index (κ2) is 6.68. The third-order valence-corrected chi connectivity index (χ3v) is 3.60. The van der Waals surface area contributed by atoms with Crippen molar-refractivity contribution in [3.63, 3.8) is 0 Å². The summed E-state index contributed by atoms with van der Waals surface area (Å²) in [4.78, 5) is 6.60. The van der Waals surface area contributed by atoms with E-state index >= 15 is 0 Å². The standard InChI is InChI=1S/C13H19N3OS/c1-11(6-14-7-13-4-3-5-17-13)16(2)8-12-9-18-10-15-12/h3-5,9-11,14H,6-8H2,1-2H3. The van der Waals surface area contributed by atoms with E-state index in [1.54, 1.807) is 17.6 Å². The van der Waals surface area contributed by atoms with Gasteiger partial charge in [-0.3, -0.25) is 4.90 Å². The van der Waals surface area contributed by atoms with Gasteiger partial charge in [0.05, 0.1) is 24.0 Å². The van der Waals surface area contributed by atoms with Crippen molar-refractivity contribution < 1.29 is 4.42 Å². The normalized spacial score (nSPS) is 13.1. The van der Waals surface area contributed by atoms with Crippen LogP contribution in [0, 0.1) is 0 Å². The van der Waals surface area contributed by atoms with Crippen LogP contribution in [0.1, 0.15) is 18.4 Å². The zero-order valence-electron chi connectivity index (χ0n) is 10.8. The fraction of sp³-hybridized carbons (Fsp3) is 0.462. The van der Waals surface area contributed by atoms with Gasteiger partial charge >= 0.3 is 0 Å². The highest BCUT2D eigenvalue weighted by atomic mass is 32.1. The van der Waals surface area contributed by atoms with Crippen molar-refractivity contribution in [1.29, 1.82) is 0 Å². The zero-order chi connectivity index (χ0) is 12.8. The Morgan fingerprint density at radius 3 is 3.11 bits per heavy atom. The smallest absolute Gasteiger partial charge is 0.117 e. The Morgan fingerprint density at radius 2 is 2.44 bits per heavy atom. The Bertz CT molecular complexity index is 427. The maximum atomic E-state index is 5.28. The molecular formula is C13H19N3OS. The van der Waals surface area contributed by atoms with E-state index in [2.05, 4.69) is 34.6 Å². The molecule has 2 aromatic rings. The van der Waals surface area contributed by atoms with E-state index in [9.17, 15) is 0 Å². The van der Waals surface area contributed by atoms with Crippen molar-refractivity contribution in [2.45, 2.75) is 26.1 Å². The van der Waals surface area contributed by atoms with Gasteiger partial charge in [0.1, 0.15) is 5.76 Å². The van der Waals surface area contributed by atoms with Crippen molar-refractivity contribution in [3.05, 3.63) is 40.7 Å². The Morgan fingerprint density at radius 1 is 1.56 bits per heavy atom. The molecule has 1 atom stereocenters. The predicted octanol–water partition coefficient (Wildman–Crippen LogP) is 2.35. The number of furan rings is 1. The molecule has 0 aliphatic carbocycles. The molecule has 4 nitrogen and oxygen atoms in total. The summed E-state index contributed by atoms with van der Waals surface area (Å²) in [5.74, 6) is 0.976. The van der Waals surface area contributed by atoms with Crippen LogP contribution in [0.2, 0.25) is 0 Å². The zero-order valence-corrected chi connectivity index (χ0v) is 11.6. The number of likely N-dealkylation sites (N-methyl/N-ethyl adjacent to an activating group) is 1. The van der Waals surface area contributed by atoms with E-state index in [-0.39, 0.29) is 0 Å². The summed E-state index contributed by atoms with van der Waals surface area (Å²) in [6.45, 7) is 4.82. The SMILES string of the molecule is CC(CNCc1ccco1)N(C)Cc1cscn1. The van der Waals surface area contributed by atoms with Gasteiger partial charge in [-0.1, -0.05) is 0 Å². The summed E-state index contributed by atoms with van der Waals surface area (Å²) in [7, 11) is 2.12. The van der Waals surface area contributed by atoms with Crippen LogP contribution in [0.3, 0.4) is 0 Å². The molecule has 0 aliphatic heterocycles. The second-order valence-electron chi connectivity index (χ2n) is 4.45. The van der Waals surface area contributed by atoms with Crippen molar-refractivity contribution in [2.24, 2.45) is 0 Å². The molecule has 0 spiro atoms. The van der Waals surface area contributed by atoms with Gasteiger partial charge in [-0.15, -0.1) is 11.3 Å². The molecule has 2 rings (SSSR count). The third-order valence-electron chi connectivity index (χ3n) is 2.97. The van der Waals surface area contributed by atoms with Gasteiger partial charge < -0.3 is 9.73 Å². The summed E-state index contributed by atoms with van der Waals surface area (Å²) in [6.07, 6.45) is 1.70. The lowest BCUT2D eigenvalue weighted by Crippen LogP contribution is -2.37. The molecule has 0 aliphatic rings. The number of nitrogens with zero attached hydrogens (tertiary/aromatic N) is 2. The molecule has 18 heavy (non-hydrogen) atoms. The third kappa shape index (κ3) is 3.94. The molecule has 1 N–H and O–H groups in total. The molecule has 0 saturated heterocycles. The van der Waals surface area contributed by atoms with Crippen molar-refractivity contribution in [3.8, 4) is 0 Å². The minimum atomic E-state index is 0.460. The van der Waals surface area contributed by atoms with Crippen LogP contribution in [0.5, 0.6) is 0 Å². The van der Waals surface area contributed by atoms with Crippen molar-refractivity contribution in [2.75, 3.05) is 13.6 Å². The molecule has 1 unspecified atom stereocenters. The first-order valence-electron chi connectivity index (χ1n) is 6.06. The van der Waals surface area contributed by atoms with Gasteiger partial charge in [0.15, 0.2) is 0 Å². The van der Waals surface area contributed by atoms with E-state index in [1.807, 2.05) is 17.6 Å². The summed E-state index contributed by atoms with van der Waals surface area (Å²) >= 11 is 1.64. The highest BCUT2D eigenvalue weighted by Crippen LogP contribution is 2.06. The number of hydrogen-bond donors (Lipinski definition) is 1. The first kappa shape index (κ1) is 13.3. The maximum Gasteiger partial charge on any atom is 0.117 e. The molecule has 98 valence electrons.